The minimum Gasteiger partial charge on any atom is -0.394 e. The maximum atomic E-state index is 9.16. The van der Waals surface area contributed by atoms with Gasteiger partial charge >= 0.3 is 0 Å². The molecule has 0 saturated heterocycles. The first-order chi connectivity index (χ1) is 7.64. The second kappa shape index (κ2) is 4.24. The molecule has 16 heavy (non-hydrogen) atoms. The van der Waals surface area contributed by atoms with Gasteiger partial charge in [0.15, 0.2) is 0 Å². The molecule has 0 saturated carbocycles. The predicted octanol–water partition coefficient (Wildman–Crippen LogP) is 2.03. The normalized spacial score (nSPS) is 24.3. The Bertz CT molecular complexity index is 448. The van der Waals surface area contributed by atoms with Crippen LogP contribution in [-0.4, -0.2) is 17.3 Å². The van der Waals surface area contributed by atoms with Gasteiger partial charge in [0, 0.05) is 0 Å². The number of aryl methyl sites for hydroxylation is 1. The predicted molar refractivity (Wildman–Crippen MR) is 66.9 cm³/mol. The van der Waals surface area contributed by atoms with E-state index in [-0.39, 0.29) is 6.61 Å². The summed E-state index contributed by atoms with van der Waals surface area (Å²) in [6, 6.07) is 8.27. The van der Waals surface area contributed by atoms with Gasteiger partial charge in [-0.1, -0.05) is 42.5 Å². The van der Waals surface area contributed by atoms with Crippen LogP contribution in [0.2, 0.25) is 0 Å². The van der Waals surface area contributed by atoms with E-state index in [4.69, 9.17) is 10.8 Å². The van der Waals surface area contributed by atoms with E-state index < -0.39 is 5.54 Å². The SMILES string of the molecule is Cc1ccccc1C1=CCC(N)(CO)C=C1. The van der Waals surface area contributed by atoms with E-state index in [0.29, 0.717) is 6.42 Å². The Morgan fingerprint density at radius 1 is 1.38 bits per heavy atom. The van der Waals surface area contributed by atoms with E-state index in [1.54, 1.807) is 0 Å². The monoisotopic (exact) mass is 215 g/mol. The van der Waals surface area contributed by atoms with Crippen molar-refractivity contribution in [3.05, 3.63) is 53.6 Å². The summed E-state index contributed by atoms with van der Waals surface area (Å²) in [5.74, 6) is 0. The summed E-state index contributed by atoms with van der Waals surface area (Å²) >= 11 is 0. The van der Waals surface area contributed by atoms with Crippen LogP contribution in [0.25, 0.3) is 5.57 Å². The summed E-state index contributed by atoms with van der Waals surface area (Å²) < 4.78 is 0. The molecule has 0 fully saturated rings. The molecule has 1 atom stereocenters. The van der Waals surface area contributed by atoms with Crippen LogP contribution in [0, 0.1) is 6.92 Å². The van der Waals surface area contributed by atoms with Gasteiger partial charge in [-0.25, -0.2) is 0 Å². The van der Waals surface area contributed by atoms with Crippen molar-refractivity contribution in [3.8, 4) is 0 Å². The molecule has 1 unspecified atom stereocenters. The van der Waals surface area contributed by atoms with Crippen LogP contribution in [0.5, 0.6) is 0 Å². The van der Waals surface area contributed by atoms with Crippen LogP contribution < -0.4 is 5.73 Å². The average molecular weight is 215 g/mol. The van der Waals surface area contributed by atoms with Crippen LogP contribution in [0.15, 0.2) is 42.5 Å². The number of rotatable bonds is 2. The lowest BCUT2D eigenvalue weighted by Crippen LogP contribution is -2.41. The molecule has 0 spiro atoms. The first-order valence-electron chi connectivity index (χ1n) is 5.50. The molecule has 0 bridgehead atoms. The number of hydrogen-bond donors (Lipinski definition) is 2. The second-order valence-corrected chi connectivity index (χ2v) is 4.40. The zero-order chi connectivity index (χ0) is 11.6. The summed E-state index contributed by atoms with van der Waals surface area (Å²) in [7, 11) is 0. The highest BCUT2D eigenvalue weighted by atomic mass is 16.3. The molecule has 2 rings (SSSR count). The molecule has 0 radical (unpaired) electrons. The highest BCUT2D eigenvalue weighted by Crippen LogP contribution is 2.26. The van der Waals surface area contributed by atoms with Gasteiger partial charge in [0.2, 0.25) is 0 Å². The first-order valence-corrected chi connectivity index (χ1v) is 5.50. The lowest BCUT2D eigenvalue weighted by Gasteiger charge is -2.25. The number of aliphatic hydroxyl groups excluding tert-OH is 1. The van der Waals surface area contributed by atoms with Gasteiger partial charge in [-0.15, -0.1) is 0 Å². The molecule has 2 heteroatoms. The van der Waals surface area contributed by atoms with Crippen molar-refractivity contribution in [3.63, 3.8) is 0 Å². The minimum atomic E-state index is -0.577. The van der Waals surface area contributed by atoms with E-state index >= 15 is 0 Å². The molecule has 1 aromatic rings. The highest BCUT2D eigenvalue weighted by molar-refractivity contribution is 5.77. The first kappa shape index (κ1) is 11.1. The largest absolute Gasteiger partial charge is 0.394 e. The van der Waals surface area contributed by atoms with E-state index in [1.165, 1.54) is 16.7 Å². The summed E-state index contributed by atoms with van der Waals surface area (Å²) in [4.78, 5) is 0. The number of allylic oxidation sites excluding steroid dienone is 2. The Balaban J connectivity index is 2.28. The summed E-state index contributed by atoms with van der Waals surface area (Å²) in [5, 5.41) is 9.16. The van der Waals surface area contributed by atoms with Crippen molar-refractivity contribution in [2.75, 3.05) is 6.61 Å². The van der Waals surface area contributed by atoms with Crippen LogP contribution in [0.4, 0.5) is 0 Å². The third kappa shape index (κ3) is 2.08. The Kier molecular flexibility index (Phi) is 2.95. The number of aliphatic hydroxyl groups is 1. The van der Waals surface area contributed by atoms with E-state index in [1.807, 2.05) is 24.3 Å². The Morgan fingerprint density at radius 2 is 2.12 bits per heavy atom. The quantitative estimate of drug-likeness (QED) is 0.793. The number of benzene rings is 1. The molecule has 1 aromatic carbocycles. The standard InChI is InChI=1S/C14H17NO/c1-11-4-2-3-5-13(11)12-6-8-14(15,10-16)9-7-12/h2-8,16H,9-10,15H2,1H3. The Hall–Kier alpha value is -1.38. The van der Waals surface area contributed by atoms with Crippen LogP contribution in [0.1, 0.15) is 17.5 Å². The van der Waals surface area contributed by atoms with E-state index in [9.17, 15) is 0 Å². The fourth-order valence-electron chi connectivity index (χ4n) is 1.91. The van der Waals surface area contributed by atoms with Crippen LogP contribution in [0.3, 0.4) is 0 Å². The summed E-state index contributed by atoms with van der Waals surface area (Å²) in [5.41, 5.74) is 9.06. The summed E-state index contributed by atoms with van der Waals surface area (Å²) in [6.45, 7) is 2.08. The molecule has 2 nitrogen and oxygen atoms in total. The van der Waals surface area contributed by atoms with Crippen molar-refractivity contribution in [1.29, 1.82) is 0 Å². The molecule has 0 heterocycles. The highest BCUT2D eigenvalue weighted by Gasteiger charge is 2.22. The van der Waals surface area contributed by atoms with Crippen LogP contribution >= 0.6 is 0 Å². The minimum absolute atomic E-state index is 0.0128. The number of nitrogens with two attached hydrogens (primary N) is 1. The molecule has 0 aromatic heterocycles. The maximum absolute atomic E-state index is 9.16. The van der Waals surface area contributed by atoms with Gasteiger partial charge in [-0.2, -0.15) is 0 Å². The molecule has 1 aliphatic rings. The van der Waals surface area contributed by atoms with Gasteiger partial charge in [0.05, 0.1) is 12.1 Å². The number of hydrogen-bond acceptors (Lipinski definition) is 2. The fraction of sp³-hybridized carbons (Fsp3) is 0.286. The molecule has 3 N–H and O–H groups in total. The van der Waals surface area contributed by atoms with Gasteiger partial charge < -0.3 is 10.8 Å². The van der Waals surface area contributed by atoms with Crippen molar-refractivity contribution in [2.45, 2.75) is 18.9 Å². The Morgan fingerprint density at radius 3 is 2.69 bits per heavy atom. The molecule has 84 valence electrons. The average Bonchev–Trinajstić information content (AvgIpc) is 2.31. The fourth-order valence-corrected chi connectivity index (χ4v) is 1.91. The lowest BCUT2D eigenvalue weighted by molar-refractivity contribution is 0.228. The smallest absolute Gasteiger partial charge is 0.0650 e. The van der Waals surface area contributed by atoms with Gasteiger partial charge in [0.1, 0.15) is 0 Å². The van der Waals surface area contributed by atoms with E-state index in [0.717, 1.165) is 0 Å². The third-order valence-electron chi connectivity index (χ3n) is 3.05. The summed E-state index contributed by atoms with van der Waals surface area (Å²) in [6.07, 6.45) is 6.68. The molecule has 1 aliphatic carbocycles. The molecular weight excluding hydrogens is 198 g/mol. The van der Waals surface area contributed by atoms with Gasteiger partial charge in [-0.05, 0) is 30.0 Å². The maximum Gasteiger partial charge on any atom is 0.0650 e. The van der Waals surface area contributed by atoms with Gasteiger partial charge in [0.25, 0.3) is 0 Å². The lowest BCUT2D eigenvalue weighted by atomic mass is 9.87. The van der Waals surface area contributed by atoms with E-state index in [2.05, 4.69) is 25.1 Å². The van der Waals surface area contributed by atoms with Crippen molar-refractivity contribution < 1.29 is 5.11 Å². The van der Waals surface area contributed by atoms with Crippen molar-refractivity contribution in [2.24, 2.45) is 5.73 Å². The second-order valence-electron chi connectivity index (χ2n) is 4.40. The third-order valence-corrected chi connectivity index (χ3v) is 3.05. The van der Waals surface area contributed by atoms with Crippen molar-refractivity contribution >= 4 is 5.57 Å². The zero-order valence-electron chi connectivity index (χ0n) is 9.48. The Labute approximate surface area is 96.1 Å². The topological polar surface area (TPSA) is 46.2 Å². The van der Waals surface area contributed by atoms with Gasteiger partial charge in [-0.3, -0.25) is 0 Å². The zero-order valence-corrected chi connectivity index (χ0v) is 9.48. The van der Waals surface area contributed by atoms with Crippen LogP contribution in [-0.2, 0) is 0 Å². The molecule has 0 amide bonds. The molecule has 0 aliphatic heterocycles. The molecular formula is C14H17NO. The van der Waals surface area contributed by atoms with Crippen molar-refractivity contribution in [1.82, 2.24) is 0 Å².